The molecule has 14 heavy (non-hydrogen) atoms. The number of rotatable bonds is 3. The zero-order chi connectivity index (χ0) is 11.1. The maximum absolute atomic E-state index is 11.1. The maximum atomic E-state index is 11.1. The normalized spacial score (nSPS) is 11.0. The Labute approximate surface area is 86.1 Å². The molecule has 0 unspecified atom stereocenters. The van der Waals surface area contributed by atoms with Gasteiger partial charge in [0.05, 0.1) is 7.11 Å². The van der Waals surface area contributed by atoms with Crippen molar-refractivity contribution >= 4 is 23.6 Å². The van der Waals surface area contributed by atoms with Gasteiger partial charge in [-0.3, -0.25) is 4.79 Å². The third-order valence-corrected chi connectivity index (χ3v) is 1.94. The van der Waals surface area contributed by atoms with Crippen molar-refractivity contribution in [3.63, 3.8) is 0 Å². The van der Waals surface area contributed by atoms with Crippen LogP contribution in [0.25, 0.3) is 0 Å². The second kappa shape index (κ2) is 6.05. The Bertz CT molecular complexity index is 317. The fraction of sp³-hybridized carbons (Fsp3) is 0.375. The van der Waals surface area contributed by atoms with E-state index in [1.165, 1.54) is 14.0 Å². The number of thioether (sulfide) groups is 1. The van der Waals surface area contributed by atoms with Crippen LogP contribution in [0, 0.1) is 11.3 Å². The lowest BCUT2D eigenvalue weighted by molar-refractivity contribution is -0.135. The standard InChI is InChI=1S/C8H10N2O3S/c1-5(11)10-7(14-3)6(4-9)8(12)13-2/h1-3H3,(H,10,11)/b7-6-. The van der Waals surface area contributed by atoms with Crippen molar-refractivity contribution < 1.29 is 14.3 Å². The van der Waals surface area contributed by atoms with Gasteiger partial charge in [0, 0.05) is 6.92 Å². The van der Waals surface area contributed by atoms with Crippen LogP contribution in [0.5, 0.6) is 0 Å². The van der Waals surface area contributed by atoms with Gasteiger partial charge in [0.25, 0.3) is 0 Å². The zero-order valence-corrected chi connectivity index (χ0v) is 8.90. The van der Waals surface area contributed by atoms with Crippen LogP contribution >= 0.6 is 11.8 Å². The summed E-state index contributed by atoms with van der Waals surface area (Å²) in [6.45, 7) is 1.29. The van der Waals surface area contributed by atoms with E-state index in [9.17, 15) is 9.59 Å². The van der Waals surface area contributed by atoms with Gasteiger partial charge in [-0.15, -0.1) is 11.8 Å². The van der Waals surface area contributed by atoms with Crippen molar-refractivity contribution in [2.75, 3.05) is 13.4 Å². The Morgan fingerprint density at radius 2 is 2.07 bits per heavy atom. The van der Waals surface area contributed by atoms with Gasteiger partial charge in [-0.05, 0) is 6.26 Å². The summed E-state index contributed by atoms with van der Waals surface area (Å²) in [4.78, 5) is 21.8. The van der Waals surface area contributed by atoms with Crippen molar-refractivity contribution in [2.24, 2.45) is 0 Å². The first-order valence-electron chi connectivity index (χ1n) is 3.61. The minimum atomic E-state index is -0.759. The SMILES string of the molecule is COC(=O)/C(C#N)=C(/NC(C)=O)SC. The van der Waals surface area contributed by atoms with Crippen LogP contribution < -0.4 is 5.32 Å². The molecule has 0 aliphatic carbocycles. The molecule has 1 N–H and O–H groups in total. The number of amides is 1. The van der Waals surface area contributed by atoms with Gasteiger partial charge in [-0.1, -0.05) is 0 Å². The smallest absolute Gasteiger partial charge is 0.351 e. The van der Waals surface area contributed by atoms with Gasteiger partial charge in [0.2, 0.25) is 5.91 Å². The summed E-state index contributed by atoms with van der Waals surface area (Å²) in [6, 6.07) is 1.68. The molecule has 0 aliphatic heterocycles. The molecule has 0 spiro atoms. The number of hydrogen-bond donors (Lipinski definition) is 1. The van der Waals surface area contributed by atoms with Crippen LogP contribution in [-0.2, 0) is 14.3 Å². The monoisotopic (exact) mass is 214 g/mol. The summed E-state index contributed by atoms with van der Waals surface area (Å²) in [6.07, 6.45) is 1.64. The zero-order valence-electron chi connectivity index (χ0n) is 8.08. The fourth-order valence-corrected chi connectivity index (χ4v) is 1.25. The van der Waals surface area contributed by atoms with Gasteiger partial charge in [0.15, 0.2) is 5.57 Å². The minimum Gasteiger partial charge on any atom is -0.465 e. The predicted molar refractivity (Wildman–Crippen MR) is 52.0 cm³/mol. The summed E-state index contributed by atoms with van der Waals surface area (Å²) in [7, 11) is 1.17. The quantitative estimate of drug-likeness (QED) is 0.418. The number of hydrogen-bond acceptors (Lipinski definition) is 5. The Morgan fingerprint density at radius 1 is 1.50 bits per heavy atom. The number of methoxy groups -OCH3 is 1. The predicted octanol–water partition coefficient (Wildman–Crippen LogP) is 0.394. The van der Waals surface area contributed by atoms with Gasteiger partial charge < -0.3 is 10.1 Å². The molecule has 0 heterocycles. The highest BCUT2D eigenvalue weighted by Crippen LogP contribution is 2.14. The Kier molecular flexibility index (Phi) is 5.41. The summed E-state index contributed by atoms with van der Waals surface area (Å²) >= 11 is 1.10. The van der Waals surface area contributed by atoms with Crippen molar-refractivity contribution in [3.8, 4) is 6.07 Å². The molecule has 0 atom stereocenters. The summed E-state index contributed by atoms with van der Waals surface area (Å²) in [5.41, 5.74) is -0.199. The molecule has 1 amide bonds. The van der Waals surface area contributed by atoms with E-state index in [2.05, 4.69) is 10.1 Å². The third-order valence-electron chi connectivity index (χ3n) is 1.22. The first-order valence-corrected chi connectivity index (χ1v) is 4.83. The molecule has 0 rings (SSSR count). The molecule has 0 saturated carbocycles. The molecule has 0 radical (unpaired) electrons. The third kappa shape index (κ3) is 3.49. The lowest BCUT2D eigenvalue weighted by Gasteiger charge is -2.06. The molecule has 0 aromatic heterocycles. The summed E-state index contributed by atoms with van der Waals surface area (Å²) in [5, 5.41) is 11.2. The lowest BCUT2D eigenvalue weighted by atomic mass is 10.3. The van der Waals surface area contributed by atoms with E-state index in [1.54, 1.807) is 12.3 Å². The molecule has 0 saturated heterocycles. The van der Waals surface area contributed by atoms with Crippen molar-refractivity contribution in [2.45, 2.75) is 6.92 Å². The van der Waals surface area contributed by atoms with Gasteiger partial charge >= 0.3 is 5.97 Å². The topological polar surface area (TPSA) is 79.2 Å². The first-order chi connectivity index (χ1) is 6.56. The number of ether oxygens (including phenoxy) is 1. The van der Waals surface area contributed by atoms with E-state index in [-0.39, 0.29) is 16.5 Å². The highest BCUT2D eigenvalue weighted by atomic mass is 32.2. The van der Waals surface area contributed by atoms with Crippen molar-refractivity contribution in [3.05, 3.63) is 10.6 Å². The highest BCUT2D eigenvalue weighted by Gasteiger charge is 2.16. The first kappa shape index (κ1) is 12.5. The van der Waals surface area contributed by atoms with Crippen LogP contribution in [0.3, 0.4) is 0 Å². The number of nitrogens with one attached hydrogen (secondary N) is 1. The maximum Gasteiger partial charge on any atom is 0.351 e. The Morgan fingerprint density at radius 3 is 2.36 bits per heavy atom. The van der Waals surface area contributed by atoms with Gasteiger partial charge in [-0.2, -0.15) is 5.26 Å². The van der Waals surface area contributed by atoms with E-state index in [0.717, 1.165) is 11.8 Å². The number of nitrogens with zero attached hydrogens (tertiary/aromatic N) is 1. The highest BCUT2D eigenvalue weighted by molar-refractivity contribution is 8.02. The van der Waals surface area contributed by atoms with Crippen LogP contribution in [0.2, 0.25) is 0 Å². The largest absolute Gasteiger partial charge is 0.465 e. The van der Waals surface area contributed by atoms with Crippen molar-refractivity contribution in [1.29, 1.82) is 5.26 Å². The number of esters is 1. The molecule has 0 aromatic rings. The average molecular weight is 214 g/mol. The molecule has 0 aliphatic rings. The molecule has 6 heteroatoms. The van der Waals surface area contributed by atoms with Crippen LogP contribution in [-0.4, -0.2) is 25.2 Å². The number of nitriles is 1. The number of carbonyl (C=O) groups is 2. The lowest BCUT2D eigenvalue weighted by Crippen LogP contribution is -2.21. The van der Waals surface area contributed by atoms with E-state index in [4.69, 9.17) is 5.26 Å². The molecule has 5 nitrogen and oxygen atoms in total. The van der Waals surface area contributed by atoms with E-state index < -0.39 is 5.97 Å². The van der Waals surface area contributed by atoms with Gasteiger partial charge in [0.1, 0.15) is 11.1 Å². The molecule has 76 valence electrons. The molecular formula is C8H10N2O3S. The molecule has 0 aromatic carbocycles. The number of carbonyl (C=O) groups excluding carboxylic acids is 2. The molecule has 0 fully saturated rings. The Hall–Kier alpha value is -1.48. The van der Waals surface area contributed by atoms with E-state index >= 15 is 0 Å². The van der Waals surface area contributed by atoms with Crippen LogP contribution in [0.1, 0.15) is 6.92 Å². The molecule has 0 bridgehead atoms. The van der Waals surface area contributed by atoms with Crippen LogP contribution in [0.15, 0.2) is 10.6 Å². The van der Waals surface area contributed by atoms with E-state index in [0.29, 0.717) is 0 Å². The molecular weight excluding hydrogens is 204 g/mol. The Balaban J connectivity index is 5.03. The fourth-order valence-electron chi connectivity index (χ4n) is 0.667. The van der Waals surface area contributed by atoms with Gasteiger partial charge in [-0.25, -0.2) is 4.79 Å². The second-order valence-corrected chi connectivity index (χ2v) is 3.01. The summed E-state index contributed by atoms with van der Waals surface area (Å²) < 4.78 is 4.38. The summed E-state index contributed by atoms with van der Waals surface area (Å²) in [5.74, 6) is -1.10. The van der Waals surface area contributed by atoms with Crippen molar-refractivity contribution in [1.82, 2.24) is 5.32 Å². The van der Waals surface area contributed by atoms with E-state index in [1.807, 2.05) is 0 Å². The second-order valence-electron chi connectivity index (χ2n) is 2.19. The van der Waals surface area contributed by atoms with Crippen LogP contribution in [0.4, 0.5) is 0 Å². The minimum absolute atomic E-state index is 0.199. The average Bonchev–Trinajstić information content (AvgIpc) is 2.16.